The molecule has 0 aliphatic carbocycles. The van der Waals surface area contributed by atoms with Crippen molar-refractivity contribution in [2.75, 3.05) is 13.7 Å². The number of carboxylic acid groups (broad SMARTS) is 1. The molecule has 0 radical (unpaired) electrons. The van der Waals surface area contributed by atoms with Crippen molar-refractivity contribution in [1.29, 1.82) is 0 Å². The Morgan fingerprint density at radius 1 is 0.900 bits per heavy atom. The first-order valence-corrected chi connectivity index (χ1v) is 10.9. The Hall–Kier alpha value is -3.32. The van der Waals surface area contributed by atoms with Crippen LogP contribution in [0.1, 0.15) is 11.1 Å². The van der Waals surface area contributed by atoms with Crippen molar-refractivity contribution in [3.63, 3.8) is 0 Å². The molecule has 3 aromatic carbocycles. The van der Waals surface area contributed by atoms with Crippen LogP contribution in [-0.4, -0.2) is 38.2 Å². The molecule has 0 aliphatic rings. The smallest absolute Gasteiger partial charge is 0.407 e. The minimum atomic E-state index is -3.66. The second-order valence-corrected chi connectivity index (χ2v) is 8.72. The predicted molar refractivity (Wildman–Crippen MR) is 113 cm³/mol. The van der Waals surface area contributed by atoms with Crippen molar-refractivity contribution in [3.05, 3.63) is 90.0 Å². The molecule has 156 valence electrons. The Morgan fingerprint density at radius 2 is 1.60 bits per heavy atom. The van der Waals surface area contributed by atoms with Crippen molar-refractivity contribution >= 4 is 15.9 Å². The lowest BCUT2D eigenvalue weighted by atomic mass is 10.1. The minimum Gasteiger partial charge on any atom is -0.497 e. The minimum absolute atomic E-state index is 0.162. The lowest BCUT2D eigenvalue weighted by Crippen LogP contribution is -2.30. The summed E-state index contributed by atoms with van der Waals surface area (Å²) in [7, 11) is -2.17. The molecule has 0 aromatic heterocycles. The highest BCUT2D eigenvalue weighted by Crippen LogP contribution is 2.24. The van der Waals surface area contributed by atoms with E-state index < -0.39 is 15.9 Å². The predicted octanol–water partition coefficient (Wildman–Crippen LogP) is 4.25. The molecule has 1 amide bonds. The van der Waals surface area contributed by atoms with Crippen LogP contribution in [-0.2, 0) is 22.8 Å². The molecule has 1 N–H and O–H groups in total. The number of methoxy groups -OCH3 is 1. The summed E-state index contributed by atoms with van der Waals surface area (Å²) in [5.41, 5.74) is 1.78. The van der Waals surface area contributed by atoms with Crippen molar-refractivity contribution in [2.45, 2.75) is 22.8 Å². The van der Waals surface area contributed by atoms with Gasteiger partial charge in [-0.25, -0.2) is 13.2 Å². The van der Waals surface area contributed by atoms with Gasteiger partial charge in [-0.15, -0.1) is 0 Å². The van der Waals surface area contributed by atoms with Crippen LogP contribution in [0.2, 0.25) is 0 Å². The van der Waals surface area contributed by atoms with Crippen LogP contribution in [0.25, 0.3) is 0 Å². The molecule has 0 atom stereocenters. The van der Waals surface area contributed by atoms with E-state index in [0.29, 0.717) is 25.3 Å². The normalized spacial score (nSPS) is 11.1. The zero-order valence-corrected chi connectivity index (χ0v) is 17.4. The molecule has 0 saturated carbocycles. The van der Waals surface area contributed by atoms with Gasteiger partial charge in [0, 0.05) is 13.1 Å². The van der Waals surface area contributed by atoms with E-state index in [4.69, 9.17) is 4.74 Å². The van der Waals surface area contributed by atoms with Gasteiger partial charge in [0.15, 0.2) is 0 Å². The maximum Gasteiger partial charge on any atom is 0.407 e. The molecular formula is C23H23NO5S. The van der Waals surface area contributed by atoms with Crippen molar-refractivity contribution in [1.82, 2.24) is 4.90 Å². The SMILES string of the molecule is COc1cccc(S(=O)(=O)c2ccc(CCN(Cc3ccccc3)C(=O)O)cc2)c1. The van der Waals surface area contributed by atoms with Crippen LogP contribution < -0.4 is 4.74 Å². The van der Waals surface area contributed by atoms with Crippen LogP contribution in [0.3, 0.4) is 0 Å². The third-order valence-corrected chi connectivity index (χ3v) is 6.51. The molecule has 0 bridgehead atoms. The molecule has 0 aliphatic heterocycles. The summed E-state index contributed by atoms with van der Waals surface area (Å²) < 4.78 is 30.8. The summed E-state index contributed by atoms with van der Waals surface area (Å²) >= 11 is 0. The topological polar surface area (TPSA) is 83.9 Å². The summed E-state index contributed by atoms with van der Waals surface area (Å²) in [5.74, 6) is 0.472. The van der Waals surface area contributed by atoms with Gasteiger partial charge in [0.25, 0.3) is 0 Å². The molecule has 0 heterocycles. The number of sulfone groups is 1. The molecule has 0 unspecified atom stereocenters. The number of hydrogen-bond donors (Lipinski definition) is 1. The molecule has 30 heavy (non-hydrogen) atoms. The number of ether oxygens (including phenoxy) is 1. The van der Waals surface area contributed by atoms with E-state index in [0.717, 1.165) is 11.1 Å². The first kappa shape index (κ1) is 21.4. The monoisotopic (exact) mass is 425 g/mol. The first-order valence-electron chi connectivity index (χ1n) is 9.40. The van der Waals surface area contributed by atoms with E-state index in [2.05, 4.69) is 0 Å². The third kappa shape index (κ3) is 5.18. The maximum absolute atomic E-state index is 12.8. The van der Waals surface area contributed by atoms with E-state index in [-0.39, 0.29) is 9.79 Å². The molecule has 3 rings (SSSR count). The zero-order chi connectivity index (χ0) is 21.6. The quantitative estimate of drug-likeness (QED) is 0.583. The van der Waals surface area contributed by atoms with Crippen molar-refractivity contribution in [2.24, 2.45) is 0 Å². The number of hydrogen-bond acceptors (Lipinski definition) is 4. The fourth-order valence-corrected chi connectivity index (χ4v) is 4.35. The van der Waals surface area contributed by atoms with Gasteiger partial charge in [-0.3, -0.25) is 0 Å². The Morgan fingerprint density at radius 3 is 2.23 bits per heavy atom. The van der Waals surface area contributed by atoms with Crippen molar-refractivity contribution < 1.29 is 23.1 Å². The van der Waals surface area contributed by atoms with Gasteiger partial charge in [-0.2, -0.15) is 0 Å². The molecule has 7 heteroatoms. The highest BCUT2D eigenvalue weighted by Gasteiger charge is 2.18. The van der Waals surface area contributed by atoms with Gasteiger partial charge < -0.3 is 14.7 Å². The van der Waals surface area contributed by atoms with Crippen LogP contribution >= 0.6 is 0 Å². The van der Waals surface area contributed by atoms with E-state index >= 15 is 0 Å². The number of nitrogens with zero attached hydrogens (tertiary/aromatic N) is 1. The largest absolute Gasteiger partial charge is 0.497 e. The highest BCUT2D eigenvalue weighted by atomic mass is 32.2. The average molecular weight is 426 g/mol. The molecule has 6 nitrogen and oxygen atoms in total. The second-order valence-electron chi connectivity index (χ2n) is 6.77. The van der Waals surface area contributed by atoms with E-state index in [1.54, 1.807) is 36.4 Å². The van der Waals surface area contributed by atoms with E-state index in [1.165, 1.54) is 24.1 Å². The van der Waals surface area contributed by atoms with Gasteiger partial charge in [0.1, 0.15) is 5.75 Å². The maximum atomic E-state index is 12.8. The number of carbonyl (C=O) groups is 1. The van der Waals surface area contributed by atoms with E-state index in [1.807, 2.05) is 30.3 Å². The first-order chi connectivity index (χ1) is 14.4. The summed E-state index contributed by atoms with van der Waals surface area (Å²) in [6.07, 6.45) is -0.505. The molecule has 0 saturated heterocycles. The van der Waals surface area contributed by atoms with Crippen LogP contribution in [0.15, 0.2) is 88.7 Å². The molecular weight excluding hydrogens is 402 g/mol. The van der Waals surface area contributed by atoms with Gasteiger partial charge >= 0.3 is 6.09 Å². The summed E-state index contributed by atoms with van der Waals surface area (Å²) in [4.78, 5) is 13.2. The number of benzene rings is 3. The summed E-state index contributed by atoms with van der Waals surface area (Å²) in [5, 5.41) is 9.47. The van der Waals surface area contributed by atoms with Gasteiger partial charge in [0.05, 0.1) is 16.9 Å². The average Bonchev–Trinajstić information content (AvgIpc) is 2.77. The Bertz CT molecular complexity index is 1100. The van der Waals surface area contributed by atoms with Crippen LogP contribution in [0, 0.1) is 0 Å². The van der Waals surface area contributed by atoms with Crippen molar-refractivity contribution in [3.8, 4) is 5.75 Å². The Kier molecular flexibility index (Phi) is 6.74. The number of amides is 1. The molecule has 3 aromatic rings. The summed E-state index contributed by atoms with van der Waals surface area (Å²) in [6.45, 7) is 0.616. The fourth-order valence-electron chi connectivity index (χ4n) is 3.05. The standard InChI is InChI=1S/C23H23NO5S/c1-29-20-8-5-9-22(16-20)30(27,28)21-12-10-18(11-13-21)14-15-24(23(25)26)17-19-6-3-2-4-7-19/h2-13,16H,14-15,17H2,1H3,(H,25,26). The summed E-state index contributed by atoms with van der Waals surface area (Å²) in [6, 6.07) is 22.3. The third-order valence-electron chi connectivity index (χ3n) is 4.74. The van der Waals surface area contributed by atoms with Crippen LogP contribution in [0.4, 0.5) is 4.79 Å². The highest BCUT2D eigenvalue weighted by molar-refractivity contribution is 7.91. The van der Waals surface area contributed by atoms with Gasteiger partial charge in [0.2, 0.25) is 9.84 Å². The van der Waals surface area contributed by atoms with Gasteiger partial charge in [-0.05, 0) is 47.9 Å². The lowest BCUT2D eigenvalue weighted by Gasteiger charge is -2.19. The second kappa shape index (κ2) is 9.45. The van der Waals surface area contributed by atoms with Gasteiger partial charge in [-0.1, -0.05) is 48.5 Å². The number of rotatable bonds is 8. The zero-order valence-electron chi connectivity index (χ0n) is 16.6. The molecule has 0 spiro atoms. The Labute approximate surface area is 176 Å². The van der Waals surface area contributed by atoms with E-state index in [9.17, 15) is 18.3 Å². The fraction of sp³-hybridized carbons (Fsp3) is 0.174. The van der Waals surface area contributed by atoms with Crippen LogP contribution in [0.5, 0.6) is 5.75 Å². The lowest BCUT2D eigenvalue weighted by molar-refractivity contribution is 0.143. The Balaban J connectivity index is 1.69. The molecule has 0 fully saturated rings.